The number of benzene rings is 2. The molecule has 0 unspecified atom stereocenters. The summed E-state index contributed by atoms with van der Waals surface area (Å²) in [6.07, 6.45) is 0.965. The van der Waals surface area contributed by atoms with Gasteiger partial charge in [0, 0.05) is 24.5 Å². The lowest BCUT2D eigenvalue weighted by atomic mass is 10.0. The van der Waals surface area contributed by atoms with Gasteiger partial charge in [0.15, 0.2) is 0 Å². The molecule has 0 aliphatic rings. The molecule has 106 valence electrons. The lowest BCUT2D eigenvalue weighted by molar-refractivity contribution is 0.699. The van der Waals surface area contributed by atoms with Crippen LogP contribution in [0.2, 0.25) is 0 Å². The lowest BCUT2D eigenvalue weighted by Crippen LogP contribution is -2.11. The van der Waals surface area contributed by atoms with Gasteiger partial charge in [-0.05, 0) is 61.2 Å². The third-order valence-electron chi connectivity index (χ3n) is 3.74. The van der Waals surface area contributed by atoms with Crippen LogP contribution in [0.15, 0.2) is 42.5 Å². The normalized spacial score (nSPS) is 12.2. The van der Waals surface area contributed by atoms with Gasteiger partial charge in [-0.1, -0.05) is 25.1 Å². The van der Waals surface area contributed by atoms with Crippen molar-refractivity contribution in [1.82, 2.24) is 0 Å². The summed E-state index contributed by atoms with van der Waals surface area (Å²) < 4.78 is 0. The second-order valence-electron chi connectivity index (χ2n) is 5.51. The fourth-order valence-corrected chi connectivity index (χ4v) is 2.47. The van der Waals surface area contributed by atoms with Gasteiger partial charge in [-0.25, -0.2) is 0 Å². The smallest absolute Gasteiger partial charge is 0.0413 e. The van der Waals surface area contributed by atoms with Crippen LogP contribution in [0.1, 0.15) is 36.1 Å². The molecule has 20 heavy (non-hydrogen) atoms. The molecule has 0 heterocycles. The maximum absolute atomic E-state index is 6.06. The summed E-state index contributed by atoms with van der Waals surface area (Å²) >= 11 is 0. The minimum Gasteiger partial charge on any atom is -0.345 e. The molecule has 2 aromatic carbocycles. The molecule has 0 radical (unpaired) electrons. The lowest BCUT2D eigenvalue weighted by Gasteiger charge is -2.21. The van der Waals surface area contributed by atoms with Crippen molar-refractivity contribution in [2.75, 3.05) is 11.9 Å². The minimum absolute atomic E-state index is 0.135. The van der Waals surface area contributed by atoms with Gasteiger partial charge in [0.05, 0.1) is 0 Å². The second-order valence-corrected chi connectivity index (χ2v) is 5.51. The Morgan fingerprint density at radius 1 is 0.950 bits per heavy atom. The van der Waals surface area contributed by atoms with Gasteiger partial charge < -0.3 is 10.6 Å². The molecule has 0 aromatic heterocycles. The standard InChI is InChI=1S/C18H24N2/c1-5-18(19)15-6-8-16(9-7-15)20(4)17-11-13(2)10-14(3)12-17/h6-12,18H,5,19H2,1-4H3/t18-/m0/s1. The zero-order valence-electron chi connectivity index (χ0n) is 12.9. The average Bonchev–Trinajstić information content (AvgIpc) is 2.45. The number of rotatable bonds is 4. The molecule has 0 bridgehead atoms. The summed E-state index contributed by atoms with van der Waals surface area (Å²) in [6, 6.07) is 15.3. The molecule has 0 saturated carbocycles. The van der Waals surface area contributed by atoms with Crippen LogP contribution in [0, 0.1) is 13.8 Å². The topological polar surface area (TPSA) is 29.3 Å². The van der Waals surface area contributed by atoms with E-state index in [-0.39, 0.29) is 6.04 Å². The molecule has 0 saturated heterocycles. The molecule has 0 aliphatic heterocycles. The van der Waals surface area contributed by atoms with Gasteiger partial charge in [0.25, 0.3) is 0 Å². The summed E-state index contributed by atoms with van der Waals surface area (Å²) in [6.45, 7) is 6.38. The maximum atomic E-state index is 6.06. The Labute approximate surface area is 122 Å². The van der Waals surface area contributed by atoms with Gasteiger partial charge in [0.1, 0.15) is 0 Å². The first-order chi connectivity index (χ1) is 9.51. The first-order valence-corrected chi connectivity index (χ1v) is 7.19. The molecule has 1 atom stereocenters. The van der Waals surface area contributed by atoms with E-state index in [1.54, 1.807) is 0 Å². The van der Waals surface area contributed by atoms with E-state index in [1.165, 1.54) is 28.1 Å². The highest BCUT2D eigenvalue weighted by molar-refractivity contribution is 5.64. The predicted molar refractivity (Wildman–Crippen MR) is 87.6 cm³/mol. The van der Waals surface area contributed by atoms with Crippen molar-refractivity contribution in [2.24, 2.45) is 5.73 Å². The highest BCUT2D eigenvalue weighted by Crippen LogP contribution is 2.26. The molecule has 2 heteroatoms. The third-order valence-corrected chi connectivity index (χ3v) is 3.74. The third kappa shape index (κ3) is 3.20. The van der Waals surface area contributed by atoms with E-state index in [0.717, 1.165) is 6.42 Å². The summed E-state index contributed by atoms with van der Waals surface area (Å²) in [7, 11) is 2.10. The van der Waals surface area contributed by atoms with E-state index in [0.29, 0.717) is 0 Å². The molecule has 0 spiro atoms. The first kappa shape index (κ1) is 14.6. The van der Waals surface area contributed by atoms with Crippen LogP contribution in [0.4, 0.5) is 11.4 Å². The Morgan fingerprint density at radius 2 is 1.50 bits per heavy atom. The molecule has 0 aliphatic carbocycles. The van der Waals surface area contributed by atoms with Crippen molar-refractivity contribution in [2.45, 2.75) is 33.2 Å². The van der Waals surface area contributed by atoms with E-state index in [2.05, 4.69) is 75.2 Å². The van der Waals surface area contributed by atoms with Crippen LogP contribution in [-0.2, 0) is 0 Å². The van der Waals surface area contributed by atoms with E-state index in [9.17, 15) is 0 Å². The summed E-state index contributed by atoms with van der Waals surface area (Å²) in [5.74, 6) is 0. The molecule has 2 N–H and O–H groups in total. The number of aryl methyl sites for hydroxylation is 2. The van der Waals surface area contributed by atoms with Crippen LogP contribution in [-0.4, -0.2) is 7.05 Å². The Hall–Kier alpha value is -1.80. The largest absolute Gasteiger partial charge is 0.345 e. The van der Waals surface area contributed by atoms with E-state index in [4.69, 9.17) is 5.73 Å². The summed E-state index contributed by atoms with van der Waals surface area (Å²) in [4.78, 5) is 2.21. The van der Waals surface area contributed by atoms with Crippen LogP contribution in [0.3, 0.4) is 0 Å². The summed E-state index contributed by atoms with van der Waals surface area (Å²) in [5.41, 5.74) is 12.2. The second kappa shape index (κ2) is 6.10. The monoisotopic (exact) mass is 268 g/mol. The summed E-state index contributed by atoms with van der Waals surface area (Å²) in [5, 5.41) is 0. The van der Waals surface area contributed by atoms with Crippen molar-refractivity contribution in [3.8, 4) is 0 Å². The van der Waals surface area contributed by atoms with E-state index >= 15 is 0 Å². The molecular weight excluding hydrogens is 244 g/mol. The predicted octanol–water partition coefficient (Wildman–Crippen LogP) is 4.48. The van der Waals surface area contributed by atoms with Crippen LogP contribution in [0.5, 0.6) is 0 Å². The molecular formula is C18H24N2. The fourth-order valence-electron chi connectivity index (χ4n) is 2.47. The van der Waals surface area contributed by atoms with Crippen molar-refractivity contribution >= 4 is 11.4 Å². The molecule has 0 amide bonds. The van der Waals surface area contributed by atoms with Gasteiger partial charge >= 0.3 is 0 Å². The van der Waals surface area contributed by atoms with Gasteiger partial charge in [0.2, 0.25) is 0 Å². The van der Waals surface area contributed by atoms with Crippen molar-refractivity contribution < 1.29 is 0 Å². The highest BCUT2D eigenvalue weighted by atomic mass is 15.1. The SMILES string of the molecule is CC[C@H](N)c1ccc(N(C)c2cc(C)cc(C)c2)cc1. The minimum atomic E-state index is 0.135. The number of hydrogen-bond acceptors (Lipinski definition) is 2. The number of nitrogens with zero attached hydrogens (tertiary/aromatic N) is 1. The Kier molecular flexibility index (Phi) is 4.46. The average molecular weight is 268 g/mol. The van der Waals surface area contributed by atoms with Crippen LogP contribution < -0.4 is 10.6 Å². The fraction of sp³-hybridized carbons (Fsp3) is 0.333. The van der Waals surface area contributed by atoms with Gasteiger partial charge in [-0.2, -0.15) is 0 Å². The molecule has 2 aromatic rings. The van der Waals surface area contributed by atoms with Crippen molar-refractivity contribution in [3.05, 3.63) is 59.2 Å². The van der Waals surface area contributed by atoms with Crippen LogP contribution >= 0.6 is 0 Å². The van der Waals surface area contributed by atoms with E-state index < -0.39 is 0 Å². The zero-order valence-corrected chi connectivity index (χ0v) is 12.9. The van der Waals surface area contributed by atoms with Crippen molar-refractivity contribution in [3.63, 3.8) is 0 Å². The molecule has 2 nitrogen and oxygen atoms in total. The van der Waals surface area contributed by atoms with Crippen molar-refractivity contribution in [1.29, 1.82) is 0 Å². The van der Waals surface area contributed by atoms with E-state index in [1.807, 2.05) is 0 Å². The Morgan fingerprint density at radius 3 is 2.00 bits per heavy atom. The first-order valence-electron chi connectivity index (χ1n) is 7.19. The van der Waals surface area contributed by atoms with Gasteiger partial charge in [-0.15, -0.1) is 0 Å². The zero-order chi connectivity index (χ0) is 14.7. The van der Waals surface area contributed by atoms with Crippen LogP contribution in [0.25, 0.3) is 0 Å². The number of anilines is 2. The molecule has 2 rings (SSSR count). The quantitative estimate of drug-likeness (QED) is 0.885. The highest BCUT2D eigenvalue weighted by Gasteiger charge is 2.07. The number of hydrogen-bond donors (Lipinski definition) is 1. The Balaban J connectivity index is 2.26. The molecule has 0 fully saturated rings. The Bertz CT molecular complexity index is 552. The van der Waals surface area contributed by atoms with Gasteiger partial charge in [-0.3, -0.25) is 0 Å². The maximum Gasteiger partial charge on any atom is 0.0413 e. The number of nitrogens with two attached hydrogens (primary N) is 1.